The van der Waals surface area contributed by atoms with E-state index in [0.717, 1.165) is 32.1 Å². The predicted molar refractivity (Wildman–Crippen MR) is 154 cm³/mol. The van der Waals surface area contributed by atoms with E-state index in [9.17, 15) is 25.1 Å². The third-order valence-electron chi connectivity index (χ3n) is 8.35. The largest absolute Gasteiger partial charge is 0.394 e. The highest BCUT2D eigenvalue weighted by molar-refractivity contribution is 5.76. The van der Waals surface area contributed by atoms with E-state index in [-0.39, 0.29) is 23.4 Å². The van der Waals surface area contributed by atoms with Crippen LogP contribution < -0.4 is 5.32 Å². The number of aliphatic hydroxyl groups excluding tert-OH is 2. The number of nitrogens with zero attached hydrogens (tertiary/aromatic N) is 3. The summed E-state index contributed by atoms with van der Waals surface area (Å²) < 4.78 is 4.78. The van der Waals surface area contributed by atoms with E-state index in [0.29, 0.717) is 43.5 Å². The minimum Gasteiger partial charge on any atom is -0.394 e. The van der Waals surface area contributed by atoms with Crippen molar-refractivity contribution in [3.05, 3.63) is 21.5 Å². The maximum atomic E-state index is 12.4. The lowest BCUT2D eigenvalue weighted by Gasteiger charge is -2.22. The Morgan fingerprint density at radius 3 is 2.10 bits per heavy atom. The van der Waals surface area contributed by atoms with Gasteiger partial charge < -0.3 is 15.5 Å². The van der Waals surface area contributed by atoms with Crippen molar-refractivity contribution in [2.24, 2.45) is 0 Å². The zero-order valence-corrected chi connectivity index (χ0v) is 24.7. The van der Waals surface area contributed by atoms with Crippen molar-refractivity contribution in [1.29, 1.82) is 0 Å². The molecule has 4 atom stereocenters. The number of aromatic nitrogens is 2. The fourth-order valence-corrected chi connectivity index (χ4v) is 5.80. The van der Waals surface area contributed by atoms with Gasteiger partial charge in [-0.1, -0.05) is 108 Å². The lowest BCUT2D eigenvalue weighted by molar-refractivity contribution is -0.532. The minimum atomic E-state index is -0.833. The second kappa shape index (κ2) is 20.8. The maximum absolute atomic E-state index is 12.4. The number of rotatable bonds is 24. The fraction of sp³-hybridized carbons (Fsp3) is 0.900. The Bertz CT molecular complexity index is 820. The monoisotopic (exact) mass is 566 g/mol. The third kappa shape index (κ3) is 13.1. The van der Waals surface area contributed by atoms with E-state index in [1.54, 1.807) is 0 Å². The van der Waals surface area contributed by atoms with Crippen LogP contribution in [0.3, 0.4) is 0 Å². The van der Waals surface area contributed by atoms with Crippen molar-refractivity contribution in [2.75, 3.05) is 6.61 Å². The number of carbonyl (C=O) groups is 1. The molecule has 1 aliphatic carbocycles. The van der Waals surface area contributed by atoms with Gasteiger partial charge in [0.15, 0.2) is 5.69 Å². The van der Waals surface area contributed by atoms with Crippen LogP contribution in [0.15, 0.2) is 4.63 Å². The Hall–Kier alpha value is -2.07. The molecule has 0 bridgehead atoms. The van der Waals surface area contributed by atoms with E-state index in [1.807, 2.05) is 0 Å². The number of hydrogen-bond donors (Lipinski definition) is 3. The molecule has 10 nitrogen and oxygen atoms in total. The number of nitro groups is 1. The summed E-state index contributed by atoms with van der Waals surface area (Å²) in [6, 6.07) is -1.46. The summed E-state index contributed by atoms with van der Waals surface area (Å²) in [7, 11) is 0. The van der Waals surface area contributed by atoms with Crippen molar-refractivity contribution >= 4 is 5.91 Å². The van der Waals surface area contributed by atoms with Crippen LogP contribution in [0.5, 0.6) is 0 Å². The van der Waals surface area contributed by atoms with Crippen molar-refractivity contribution < 1.29 is 24.6 Å². The molecule has 1 heterocycles. The number of aliphatic hydroxyl groups is 2. The Kier molecular flexibility index (Phi) is 17.7. The Morgan fingerprint density at radius 2 is 1.50 bits per heavy atom. The highest BCUT2D eigenvalue weighted by Crippen LogP contribution is 2.39. The van der Waals surface area contributed by atoms with E-state index >= 15 is 0 Å². The Balaban J connectivity index is 1.48. The van der Waals surface area contributed by atoms with Gasteiger partial charge in [-0.25, -0.2) is 4.63 Å². The number of nitrogens with one attached hydrogen (secondary N) is 1. The number of unbranched alkanes of at least 4 members (excludes halogenated alkanes) is 14. The highest BCUT2D eigenvalue weighted by Gasteiger charge is 2.38. The molecule has 1 aromatic heterocycles. The van der Waals surface area contributed by atoms with Crippen molar-refractivity contribution in [3.63, 3.8) is 0 Å². The lowest BCUT2D eigenvalue weighted by Crippen LogP contribution is -2.45. The van der Waals surface area contributed by atoms with Gasteiger partial charge in [-0.05, 0) is 30.8 Å². The molecular weight excluding hydrogens is 512 g/mol. The van der Waals surface area contributed by atoms with E-state index in [1.165, 1.54) is 70.6 Å². The van der Waals surface area contributed by atoms with Gasteiger partial charge in [0.2, 0.25) is 5.91 Å². The summed E-state index contributed by atoms with van der Waals surface area (Å²) in [5, 5.41) is 41.8. The molecular formula is C30H54N4O6. The van der Waals surface area contributed by atoms with Crippen LogP contribution in [0.1, 0.15) is 165 Å². The highest BCUT2D eigenvalue weighted by atomic mass is 16.6. The summed E-state index contributed by atoms with van der Waals surface area (Å²) in [5.74, 6) is -0.0526. The number of carbonyl (C=O) groups excluding carboxylic acids is 1. The van der Waals surface area contributed by atoms with Gasteiger partial charge in [0, 0.05) is 23.7 Å². The molecule has 0 aromatic carbocycles. The zero-order valence-electron chi connectivity index (χ0n) is 24.7. The first-order valence-electron chi connectivity index (χ1n) is 16.0. The normalized spacial score (nSPS) is 18.3. The fourth-order valence-electron chi connectivity index (χ4n) is 5.80. The second-order valence-corrected chi connectivity index (χ2v) is 11.7. The van der Waals surface area contributed by atoms with Gasteiger partial charge in [-0.3, -0.25) is 14.9 Å². The van der Waals surface area contributed by atoms with Gasteiger partial charge in [0.1, 0.15) is 5.69 Å². The van der Waals surface area contributed by atoms with Gasteiger partial charge in [0.05, 0.1) is 18.8 Å². The van der Waals surface area contributed by atoms with Crippen LogP contribution in [-0.2, 0) is 4.79 Å². The van der Waals surface area contributed by atoms with Crippen molar-refractivity contribution in [3.8, 4) is 0 Å². The molecule has 0 spiro atoms. The van der Waals surface area contributed by atoms with Crippen LogP contribution in [-0.4, -0.2) is 50.1 Å². The average Bonchev–Trinajstić information content (AvgIpc) is 3.44. The number of fused-ring (bicyclic) bond motifs is 1. The first-order chi connectivity index (χ1) is 19.5. The number of hydrogen-bond acceptors (Lipinski definition) is 8. The molecule has 0 saturated heterocycles. The first kappa shape index (κ1) is 34.1. The third-order valence-corrected chi connectivity index (χ3v) is 8.35. The molecule has 1 aromatic rings. The topological polar surface area (TPSA) is 152 Å². The van der Waals surface area contributed by atoms with Crippen molar-refractivity contribution in [1.82, 2.24) is 15.6 Å². The van der Waals surface area contributed by atoms with Crippen LogP contribution in [0, 0.1) is 10.1 Å². The Labute approximate surface area is 240 Å². The van der Waals surface area contributed by atoms with Crippen molar-refractivity contribution in [2.45, 2.75) is 166 Å². The number of amides is 1. The quantitative estimate of drug-likeness (QED) is 0.0725. The van der Waals surface area contributed by atoms with E-state index < -0.39 is 18.2 Å². The maximum Gasteiger partial charge on any atom is 0.260 e. The minimum absolute atomic E-state index is 0.102. The standard InChI is InChI=1S/C30H54N4O6/c1-2-3-4-5-6-7-8-9-10-11-12-13-16-19-27(36)25(23-35)31-28(37)20-17-14-15-18-24-21-22-26(34(38)39)30-29(24)32-40-33-30/h24-27,35-36H,2-23H2,1H3,(H,31,37)/t24-,25-,26+,27+/m0/s1. The summed E-state index contributed by atoms with van der Waals surface area (Å²) in [6.45, 7) is 1.98. The van der Waals surface area contributed by atoms with Crippen LogP contribution in [0.4, 0.5) is 0 Å². The van der Waals surface area contributed by atoms with E-state index in [2.05, 4.69) is 22.6 Å². The van der Waals surface area contributed by atoms with Gasteiger partial charge in [-0.15, -0.1) is 0 Å². The van der Waals surface area contributed by atoms with Crippen LogP contribution >= 0.6 is 0 Å². The molecule has 0 saturated carbocycles. The smallest absolute Gasteiger partial charge is 0.260 e. The SMILES string of the molecule is CCCCCCCCCCCCCCC[C@@H](O)[C@H](CO)NC(=O)CCCCC[C@H]1CC[C@@H]([N+](=O)[O-])c2nonc21. The van der Waals surface area contributed by atoms with Gasteiger partial charge in [0.25, 0.3) is 6.04 Å². The van der Waals surface area contributed by atoms with Gasteiger partial charge >= 0.3 is 0 Å². The molecule has 0 aliphatic heterocycles. The summed E-state index contributed by atoms with van der Waals surface area (Å²) >= 11 is 0. The molecule has 2 rings (SSSR count). The summed E-state index contributed by atoms with van der Waals surface area (Å²) in [6.07, 6.45) is 21.1. The predicted octanol–water partition coefficient (Wildman–Crippen LogP) is 6.53. The first-order valence-corrected chi connectivity index (χ1v) is 16.0. The molecule has 0 unspecified atom stereocenters. The second-order valence-electron chi connectivity index (χ2n) is 11.7. The Morgan fingerprint density at radius 1 is 0.925 bits per heavy atom. The molecule has 0 radical (unpaired) electrons. The van der Waals surface area contributed by atoms with Crippen LogP contribution in [0.25, 0.3) is 0 Å². The zero-order chi connectivity index (χ0) is 29.0. The summed E-state index contributed by atoms with van der Waals surface area (Å²) in [5.41, 5.74) is 0.960. The van der Waals surface area contributed by atoms with Crippen LogP contribution in [0.2, 0.25) is 0 Å². The summed E-state index contributed by atoms with van der Waals surface area (Å²) in [4.78, 5) is 23.3. The van der Waals surface area contributed by atoms with E-state index in [4.69, 9.17) is 4.63 Å². The molecule has 1 amide bonds. The molecule has 40 heavy (non-hydrogen) atoms. The molecule has 10 heteroatoms. The van der Waals surface area contributed by atoms with Gasteiger partial charge in [-0.2, -0.15) is 0 Å². The molecule has 1 aliphatic rings. The lowest BCUT2D eigenvalue weighted by atomic mass is 9.84. The molecule has 230 valence electrons. The molecule has 0 fully saturated rings. The molecule has 3 N–H and O–H groups in total. The average molecular weight is 567 g/mol.